The molecule has 1 N–H and O–H groups in total. The molecule has 1 atom stereocenters. The quantitative estimate of drug-likeness (QED) is 0.569. The molecule has 0 aliphatic heterocycles. The number of aromatic amines is 1. The minimum absolute atomic E-state index is 0.248. The molecule has 2 heterocycles. The van der Waals surface area contributed by atoms with Crippen LogP contribution in [0, 0.1) is 0 Å². The lowest BCUT2D eigenvalue weighted by atomic mass is 10.1. The van der Waals surface area contributed by atoms with Crippen molar-refractivity contribution < 1.29 is 4.74 Å². The molecule has 0 aliphatic carbocycles. The largest absolute Gasteiger partial charge is 0.368 e. The zero-order chi connectivity index (χ0) is 16.2. The normalized spacial score (nSPS) is 12.5. The average Bonchev–Trinajstić information content (AvgIpc) is 3.16. The number of nitrogens with zero attached hydrogens (tertiary/aromatic N) is 1. The molecule has 3 nitrogen and oxygen atoms in total. The Kier molecular flexibility index (Phi) is 5.62. The molecule has 0 bridgehead atoms. The lowest BCUT2D eigenvalue weighted by Crippen LogP contribution is -2.10. The Balaban J connectivity index is 1.82. The van der Waals surface area contributed by atoms with Crippen molar-refractivity contribution in [3.8, 4) is 0 Å². The molecule has 0 amide bonds. The molecule has 0 aliphatic rings. The number of aromatic nitrogens is 2. The number of imidazole rings is 1. The molecule has 3 rings (SSSR count). The van der Waals surface area contributed by atoms with Gasteiger partial charge in [0, 0.05) is 34.4 Å². The van der Waals surface area contributed by atoms with Crippen LogP contribution in [0.1, 0.15) is 23.1 Å². The summed E-state index contributed by atoms with van der Waals surface area (Å²) in [5.74, 6) is 0.831. The smallest absolute Gasteiger partial charge is 0.108 e. The summed E-state index contributed by atoms with van der Waals surface area (Å²) >= 11 is 19.9. The zero-order valence-electron chi connectivity index (χ0n) is 11.9. The van der Waals surface area contributed by atoms with Crippen LogP contribution in [0.3, 0.4) is 0 Å². The molecule has 23 heavy (non-hydrogen) atoms. The molecule has 0 fully saturated rings. The maximum absolute atomic E-state index is 6.34. The SMILES string of the molecule is Clc1ccc(C(Cc2ncc[nH]2)OCc2ccsc2Cl)c(Cl)c1. The van der Waals surface area contributed by atoms with Crippen molar-refractivity contribution in [3.63, 3.8) is 0 Å². The number of halogens is 3. The van der Waals surface area contributed by atoms with Gasteiger partial charge in [0.25, 0.3) is 0 Å². The second-order valence-electron chi connectivity index (χ2n) is 4.93. The van der Waals surface area contributed by atoms with Gasteiger partial charge in [-0.25, -0.2) is 4.98 Å². The highest BCUT2D eigenvalue weighted by molar-refractivity contribution is 7.14. The van der Waals surface area contributed by atoms with Gasteiger partial charge in [-0.2, -0.15) is 0 Å². The van der Waals surface area contributed by atoms with Crippen LogP contribution in [-0.2, 0) is 17.8 Å². The molecular formula is C16H13Cl3N2OS. The highest BCUT2D eigenvalue weighted by Gasteiger charge is 2.18. The van der Waals surface area contributed by atoms with E-state index >= 15 is 0 Å². The van der Waals surface area contributed by atoms with Crippen LogP contribution < -0.4 is 0 Å². The van der Waals surface area contributed by atoms with Crippen molar-refractivity contribution in [2.75, 3.05) is 0 Å². The summed E-state index contributed by atoms with van der Waals surface area (Å²) in [6.45, 7) is 0.409. The summed E-state index contributed by atoms with van der Waals surface area (Å²) in [6.07, 6.45) is 3.83. The van der Waals surface area contributed by atoms with Crippen LogP contribution >= 0.6 is 46.1 Å². The molecule has 7 heteroatoms. The van der Waals surface area contributed by atoms with E-state index in [9.17, 15) is 0 Å². The summed E-state index contributed by atoms with van der Waals surface area (Å²) in [7, 11) is 0. The second-order valence-corrected chi connectivity index (χ2v) is 7.29. The lowest BCUT2D eigenvalue weighted by Gasteiger charge is -2.19. The second kappa shape index (κ2) is 7.69. The Labute approximate surface area is 153 Å². The van der Waals surface area contributed by atoms with Gasteiger partial charge in [-0.3, -0.25) is 0 Å². The van der Waals surface area contributed by atoms with Gasteiger partial charge in [-0.1, -0.05) is 40.9 Å². The van der Waals surface area contributed by atoms with Crippen LogP contribution in [0.25, 0.3) is 0 Å². The van der Waals surface area contributed by atoms with E-state index in [1.807, 2.05) is 17.5 Å². The van der Waals surface area contributed by atoms with Crippen LogP contribution in [0.15, 0.2) is 42.0 Å². The first-order valence-electron chi connectivity index (χ1n) is 6.90. The van der Waals surface area contributed by atoms with Crippen molar-refractivity contribution in [3.05, 3.63) is 73.4 Å². The third-order valence-corrected chi connectivity index (χ3v) is 5.19. The molecule has 1 aromatic carbocycles. The fraction of sp³-hybridized carbons (Fsp3) is 0.188. The predicted molar refractivity (Wildman–Crippen MR) is 95.6 cm³/mol. The molecule has 0 radical (unpaired) electrons. The van der Waals surface area contributed by atoms with Gasteiger partial charge < -0.3 is 9.72 Å². The maximum Gasteiger partial charge on any atom is 0.108 e. The van der Waals surface area contributed by atoms with Gasteiger partial charge in [-0.05, 0) is 29.1 Å². The number of hydrogen-bond donors (Lipinski definition) is 1. The van der Waals surface area contributed by atoms with E-state index in [0.29, 0.717) is 23.1 Å². The van der Waals surface area contributed by atoms with Crippen molar-refractivity contribution >= 4 is 46.1 Å². The van der Waals surface area contributed by atoms with Crippen molar-refractivity contribution in [2.45, 2.75) is 19.1 Å². The van der Waals surface area contributed by atoms with Crippen molar-refractivity contribution in [2.24, 2.45) is 0 Å². The van der Waals surface area contributed by atoms with E-state index in [1.54, 1.807) is 24.5 Å². The summed E-state index contributed by atoms with van der Waals surface area (Å²) < 4.78 is 6.82. The van der Waals surface area contributed by atoms with Crippen LogP contribution in [0.2, 0.25) is 14.4 Å². The number of benzene rings is 1. The predicted octanol–water partition coefficient (Wildman–Crippen LogP) is 5.93. The summed E-state index contributed by atoms with van der Waals surface area (Å²) in [4.78, 5) is 7.35. The zero-order valence-corrected chi connectivity index (χ0v) is 15.0. The molecule has 0 saturated heterocycles. The average molecular weight is 388 g/mol. The minimum Gasteiger partial charge on any atom is -0.368 e. The van der Waals surface area contributed by atoms with E-state index in [2.05, 4.69) is 9.97 Å². The van der Waals surface area contributed by atoms with Crippen LogP contribution in [0.4, 0.5) is 0 Å². The molecule has 2 aromatic heterocycles. The van der Waals surface area contributed by atoms with E-state index in [0.717, 1.165) is 21.3 Å². The molecule has 3 aromatic rings. The highest BCUT2D eigenvalue weighted by atomic mass is 35.5. The Hall–Kier alpha value is -1.04. The van der Waals surface area contributed by atoms with Gasteiger partial charge in [0.05, 0.1) is 17.0 Å². The number of nitrogens with one attached hydrogen (secondary N) is 1. The van der Waals surface area contributed by atoms with Gasteiger partial charge in [-0.15, -0.1) is 11.3 Å². The lowest BCUT2D eigenvalue weighted by molar-refractivity contribution is 0.0390. The molecular weight excluding hydrogens is 375 g/mol. The Bertz CT molecular complexity index is 773. The monoisotopic (exact) mass is 386 g/mol. The fourth-order valence-corrected chi connectivity index (χ4v) is 3.65. The van der Waals surface area contributed by atoms with E-state index in [-0.39, 0.29) is 6.10 Å². The fourth-order valence-electron chi connectivity index (χ4n) is 2.22. The summed E-state index contributed by atoms with van der Waals surface area (Å²) in [5.41, 5.74) is 1.84. The summed E-state index contributed by atoms with van der Waals surface area (Å²) in [6, 6.07) is 7.36. The van der Waals surface area contributed by atoms with E-state index in [1.165, 1.54) is 11.3 Å². The Morgan fingerprint density at radius 2 is 2.09 bits per heavy atom. The number of rotatable bonds is 6. The third kappa shape index (κ3) is 4.28. The number of H-pyrrole nitrogens is 1. The first-order valence-corrected chi connectivity index (χ1v) is 8.91. The maximum atomic E-state index is 6.34. The van der Waals surface area contributed by atoms with Crippen LogP contribution in [0.5, 0.6) is 0 Å². The Morgan fingerprint density at radius 1 is 1.22 bits per heavy atom. The first kappa shape index (κ1) is 16.8. The highest BCUT2D eigenvalue weighted by Crippen LogP contribution is 2.32. The molecule has 0 saturated carbocycles. The Morgan fingerprint density at radius 3 is 2.74 bits per heavy atom. The van der Waals surface area contributed by atoms with Gasteiger partial charge in [0.15, 0.2) is 0 Å². The van der Waals surface area contributed by atoms with Crippen LogP contribution in [-0.4, -0.2) is 9.97 Å². The van der Waals surface area contributed by atoms with Crippen molar-refractivity contribution in [1.29, 1.82) is 0 Å². The topological polar surface area (TPSA) is 37.9 Å². The van der Waals surface area contributed by atoms with E-state index < -0.39 is 0 Å². The molecule has 1 unspecified atom stereocenters. The van der Waals surface area contributed by atoms with Gasteiger partial charge >= 0.3 is 0 Å². The minimum atomic E-state index is -0.248. The number of hydrogen-bond acceptors (Lipinski definition) is 3. The number of thiophene rings is 1. The van der Waals surface area contributed by atoms with E-state index in [4.69, 9.17) is 39.5 Å². The number of ether oxygens (including phenoxy) is 1. The molecule has 120 valence electrons. The first-order chi connectivity index (χ1) is 11.1. The summed E-state index contributed by atoms with van der Waals surface area (Å²) in [5, 5.41) is 3.11. The standard InChI is InChI=1S/C16H13Cl3N2OS/c17-11-1-2-12(13(18)7-11)14(8-15-20-4-5-21-15)22-9-10-3-6-23-16(10)19/h1-7,14H,8-9H2,(H,20,21). The molecule has 0 spiro atoms. The van der Waals surface area contributed by atoms with Crippen molar-refractivity contribution in [1.82, 2.24) is 9.97 Å². The third-order valence-electron chi connectivity index (χ3n) is 3.38. The van der Waals surface area contributed by atoms with Gasteiger partial charge in [0.1, 0.15) is 5.82 Å². The van der Waals surface area contributed by atoms with Gasteiger partial charge in [0.2, 0.25) is 0 Å².